The molecule has 106 valence electrons. The van der Waals surface area contributed by atoms with Crippen molar-refractivity contribution in [3.63, 3.8) is 0 Å². The van der Waals surface area contributed by atoms with Gasteiger partial charge in [0.25, 0.3) is 0 Å². The van der Waals surface area contributed by atoms with Crippen LogP contribution in [0.4, 0.5) is 0 Å². The van der Waals surface area contributed by atoms with Gasteiger partial charge >= 0.3 is 0 Å². The van der Waals surface area contributed by atoms with Crippen LogP contribution in [0.3, 0.4) is 0 Å². The zero-order chi connectivity index (χ0) is 14.4. The van der Waals surface area contributed by atoms with Gasteiger partial charge in [0.1, 0.15) is 0 Å². The molecule has 2 N–H and O–H groups in total. The quantitative estimate of drug-likeness (QED) is 0.870. The number of hydrogen-bond donors (Lipinski definition) is 1. The lowest BCUT2D eigenvalue weighted by molar-refractivity contribution is 0.305. The molecule has 0 radical (unpaired) electrons. The van der Waals surface area contributed by atoms with Crippen molar-refractivity contribution in [3.8, 4) is 0 Å². The summed E-state index contributed by atoms with van der Waals surface area (Å²) in [5.41, 5.74) is 10.2. The first-order valence-electron chi connectivity index (χ1n) is 7.26. The van der Waals surface area contributed by atoms with Crippen molar-refractivity contribution in [1.29, 1.82) is 0 Å². The van der Waals surface area contributed by atoms with E-state index in [1.807, 2.05) is 6.07 Å². The molecule has 0 aliphatic heterocycles. The van der Waals surface area contributed by atoms with E-state index in [4.69, 9.17) is 5.73 Å². The highest BCUT2D eigenvalue weighted by Crippen LogP contribution is 2.14. The predicted octanol–water partition coefficient (Wildman–Crippen LogP) is 3.38. The molecule has 0 aromatic heterocycles. The summed E-state index contributed by atoms with van der Waals surface area (Å²) in [6.45, 7) is 3.96. The minimum atomic E-state index is 0.0645. The first-order chi connectivity index (χ1) is 9.69. The molecule has 2 heteroatoms. The molecule has 0 bridgehead atoms. The van der Waals surface area contributed by atoms with Crippen molar-refractivity contribution in [2.45, 2.75) is 25.9 Å². The second kappa shape index (κ2) is 7.22. The number of nitrogens with two attached hydrogens (primary N) is 1. The monoisotopic (exact) mass is 268 g/mol. The van der Waals surface area contributed by atoms with Crippen LogP contribution in [-0.4, -0.2) is 18.5 Å². The molecule has 0 aliphatic carbocycles. The number of rotatable bonds is 6. The van der Waals surface area contributed by atoms with Gasteiger partial charge in [-0.05, 0) is 30.2 Å². The molecular formula is C18H24N2. The Hall–Kier alpha value is -1.64. The Morgan fingerprint density at radius 2 is 1.60 bits per heavy atom. The molecule has 0 amide bonds. The molecule has 0 spiro atoms. The summed E-state index contributed by atoms with van der Waals surface area (Å²) < 4.78 is 0. The van der Waals surface area contributed by atoms with Gasteiger partial charge in [0.15, 0.2) is 0 Å². The minimum Gasteiger partial charge on any atom is -0.323 e. The molecule has 0 saturated heterocycles. The number of benzene rings is 2. The molecule has 0 saturated carbocycles. The lowest BCUT2D eigenvalue weighted by atomic mass is 10.0. The molecule has 1 unspecified atom stereocenters. The van der Waals surface area contributed by atoms with Crippen LogP contribution in [0.5, 0.6) is 0 Å². The Morgan fingerprint density at radius 3 is 2.20 bits per heavy atom. The minimum absolute atomic E-state index is 0.0645. The summed E-state index contributed by atoms with van der Waals surface area (Å²) in [4.78, 5) is 2.27. The van der Waals surface area contributed by atoms with Gasteiger partial charge in [-0.15, -0.1) is 0 Å². The topological polar surface area (TPSA) is 29.3 Å². The summed E-state index contributed by atoms with van der Waals surface area (Å²) in [6, 6.07) is 19.2. The first-order valence-corrected chi connectivity index (χ1v) is 7.26. The summed E-state index contributed by atoms with van der Waals surface area (Å²) in [7, 11) is 2.12. The highest BCUT2D eigenvalue weighted by Gasteiger charge is 2.09. The number of hydrogen-bond acceptors (Lipinski definition) is 2. The molecule has 2 nitrogen and oxygen atoms in total. The lowest BCUT2D eigenvalue weighted by Gasteiger charge is -2.21. The second-order valence-corrected chi connectivity index (χ2v) is 5.38. The molecule has 1 atom stereocenters. The van der Waals surface area contributed by atoms with Crippen LogP contribution < -0.4 is 5.73 Å². The Labute approximate surface area is 122 Å². The van der Waals surface area contributed by atoms with Crippen LogP contribution >= 0.6 is 0 Å². The van der Waals surface area contributed by atoms with Crippen molar-refractivity contribution in [3.05, 3.63) is 71.3 Å². The Morgan fingerprint density at radius 1 is 0.950 bits per heavy atom. The Bertz CT molecular complexity index is 505. The predicted molar refractivity (Wildman–Crippen MR) is 85.5 cm³/mol. The number of likely N-dealkylation sites (N-methyl/N-ethyl adjacent to an activating group) is 1. The van der Waals surface area contributed by atoms with Gasteiger partial charge in [0.05, 0.1) is 0 Å². The average molecular weight is 268 g/mol. The van der Waals surface area contributed by atoms with E-state index in [2.05, 4.69) is 67.4 Å². The van der Waals surface area contributed by atoms with Crippen LogP contribution in [0.2, 0.25) is 0 Å². The molecular weight excluding hydrogens is 244 g/mol. The van der Waals surface area contributed by atoms with E-state index in [9.17, 15) is 0 Å². The van der Waals surface area contributed by atoms with Gasteiger partial charge in [0, 0.05) is 19.1 Å². The molecule has 20 heavy (non-hydrogen) atoms. The maximum atomic E-state index is 6.30. The molecule has 0 heterocycles. The van der Waals surface area contributed by atoms with E-state index >= 15 is 0 Å². The summed E-state index contributed by atoms with van der Waals surface area (Å²) in [5, 5.41) is 0. The smallest absolute Gasteiger partial charge is 0.0424 e. The summed E-state index contributed by atoms with van der Waals surface area (Å²) in [6.07, 6.45) is 1.07. The van der Waals surface area contributed by atoms with Gasteiger partial charge in [-0.2, -0.15) is 0 Å². The summed E-state index contributed by atoms with van der Waals surface area (Å²) >= 11 is 0. The highest BCUT2D eigenvalue weighted by molar-refractivity contribution is 5.25. The molecule has 0 aliphatic rings. The van der Waals surface area contributed by atoms with Gasteiger partial charge < -0.3 is 10.6 Å². The SMILES string of the molecule is CCc1ccc(C(N)CN(C)Cc2ccccc2)cc1. The zero-order valence-electron chi connectivity index (χ0n) is 12.4. The average Bonchev–Trinajstić information content (AvgIpc) is 2.48. The van der Waals surface area contributed by atoms with Crippen LogP contribution in [0.25, 0.3) is 0 Å². The zero-order valence-corrected chi connectivity index (χ0v) is 12.4. The van der Waals surface area contributed by atoms with Crippen LogP contribution in [-0.2, 0) is 13.0 Å². The van der Waals surface area contributed by atoms with Crippen LogP contribution in [0, 0.1) is 0 Å². The van der Waals surface area contributed by atoms with Gasteiger partial charge in [-0.3, -0.25) is 0 Å². The van der Waals surface area contributed by atoms with E-state index in [0.717, 1.165) is 19.5 Å². The van der Waals surface area contributed by atoms with Crippen molar-refractivity contribution in [2.24, 2.45) is 5.73 Å². The van der Waals surface area contributed by atoms with Gasteiger partial charge in [0.2, 0.25) is 0 Å². The van der Waals surface area contributed by atoms with Crippen molar-refractivity contribution in [1.82, 2.24) is 4.90 Å². The van der Waals surface area contributed by atoms with Gasteiger partial charge in [-0.25, -0.2) is 0 Å². The normalized spacial score (nSPS) is 12.6. The highest BCUT2D eigenvalue weighted by atomic mass is 15.1. The Kier molecular flexibility index (Phi) is 5.33. The second-order valence-electron chi connectivity index (χ2n) is 5.38. The maximum Gasteiger partial charge on any atom is 0.0424 e. The maximum absolute atomic E-state index is 6.30. The third-order valence-corrected chi connectivity index (χ3v) is 3.62. The van der Waals surface area contributed by atoms with Crippen molar-refractivity contribution < 1.29 is 0 Å². The van der Waals surface area contributed by atoms with Gasteiger partial charge in [-0.1, -0.05) is 61.5 Å². The standard InChI is InChI=1S/C18H24N2/c1-3-15-9-11-17(12-10-15)18(19)14-20(2)13-16-7-5-4-6-8-16/h4-12,18H,3,13-14,19H2,1-2H3. The Balaban J connectivity index is 1.91. The van der Waals surface area contributed by atoms with E-state index in [1.165, 1.54) is 16.7 Å². The first kappa shape index (κ1) is 14.8. The third-order valence-electron chi connectivity index (χ3n) is 3.62. The largest absolute Gasteiger partial charge is 0.323 e. The third kappa shape index (κ3) is 4.19. The molecule has 2 aromatic rings. The number of nitrogens with zero attached hydrogens (tertiary/aromatic N) is 1. The van der Waals surface area contributed by atoms with Crippen molar-refractivity contribution >= 4 is 0 Å². The summed E-state index contributed by atoms with van der Waals surface area (Å²) in [5.74, 6) is 0. The fourth-order valence-corrected chi connectivity index (χ4v) is 2.40. The molecule has 2 aromatic carbocycles. The van der Waals surface area contributed by atoms with E-state index in [1.54, 1.807) is 0 Å². The molecule has 2 rings (SSSR count). The fourth-order valence-electron chi connectivity index (χ4n) is 2.40. The fraction of sp³-hybridized carbons (Fsp3) is 0.333. The van der Waals surface area contributed by atoms with E-state index in [0.29, 0.717) is 0 Å². The van der Waals surface area contributed by atoms with Crippen molar-refractivity contribution in [2.75, 3.05) is 13.6 Å². The molecule has 0 fully saturated rings. The number of aryl methyl sites for hydroxylation is 1. The van der Waals surface area contributed by atoms with E-state index < -0.39 is 0 Å². The van der Waals surface area contributed by atoms with Crippen LogP contribution in [0.15, 0.2) is 54.6 Å². The lowest BCUT2D eigenvalue weighted by Crippen LogP contribution is -2.28. The van der Waals surface area contributed by atoms with E-state index in [-0.39, 0.29) is 6.04 Å². The van der Waals surface area contributed by atoms with Crippen LogP contribution in [0.1, 0.15) is 29.7 Å².